The topological polar surface area (TPSA) is 42.0 Å². The molecule has 0 unspecified atom stereocenters. The van der Waals surface area contributed by atoms with Gasteiger partial charge in [-0.1, -0.05) is 61.0 Å². The lowest BCUT2D eigenvalue weighted by Gasteiger charge is -2.06. The smallest absolute Gasteiger partial charge is 0.230 e. The lowest BCUT2D eigenvalue weighted by Crippen LogP contribution is -2.14. The molecule has 0 aliphatic rings. The van der Waals surface area contributed by atoms with Crippen LogP contribution in [0.2, 0.25) is 5.02 Å². The van der Waals surface area contributed by atoms with Crippen LogP contribution in [0.4, 0.5) is 5.69 Å². The molecule has 0 saturated carbocycles. The van der Waals surface area contributed by atoms with E-state index < -0.39 is 0 Å². The van der Waals surface area contributed by atoms with Gasteiger partial charge in [-0.25, -0.2) is 4.98 Å². The highest BCUT2D eigenvalue weighted by Crippen LogP contribution is 2.27. The van der Waals surface area contributed by atoms with E-state index in [2.05, 4.69) is 29.4 Å². The number of carbonyl (C=O) groups is 1. The Labute approximate surface area is 179 Å². The summed E-state index contributed by atoms with van der Waals surface area (Å²) < 4.78 is 0.970. The number of amides is 1. The molecule has 6 heteroatoms. The van der Waals surface area contributed by atoms with Gasteiger partial charge in [-0.15, -0.1) is 11.3 Å². The van der Waals surface area contributed by atoms with Crippen molar-refractivity contribution in [3.63, 3.8) is 0 Å². The van der Waals surface area contributed by atoms with Crippen molar-refractivity contribution in [1.82, 2.24) is 4.98 Å². The highest BCUT2D eigenvalue weighted by atomic mass is 35.5. The number of aryl methyl sites for hydroxylation is 1. The van der Waals surface area contributed by atoms with Crippen LogP contribution in [-0.2, 0) is 23.4 Å². The van der Waals surface area contributed by atoms with Crippen LogP contribution in [-0.4, -0.2) is 10.9 Å². The van der Waals surface area contributed by atoms with Gasteiger partial charge in [0.25, 0.3) is 0 Å². The quantitative estimate of drug-likeness (QED) is 0.388. The molecule has 0 fully saturated rings. The Kier molecular flexibility index (Phi) is 7.95. The van der Waals surface area contributed by atoms with Crippen molar-refractivity contribution in [2.75, 3.05) is 5.32 Å². The van der Waals surface area contributed by atoms with Crippen LogP contribution in [0.3, 0.4) is 0 Å². The minimum atomic E-state index is -0.0409. The van der Waals surface area contributed by atoms with E-state index in [-0.39, 0.29) is 12.3 Å². The second-order valence-corrected chi connectivity index (χ2v) is 9.06. The highest BCUT2D eigenvalue weighted by molar-refractivity contribution is 8.00. The summed E-state index contributed by atoms with van der Waals surface area (Å²) in [6, 6.07) is 15.9. The van der Waals surface area contributed by atoms with Gasteiger partial charge in [-0.05, 0) is 48.2 Å². The molecule has 2 aromatic carbocycles. The van der Waals surface area contributed by atoms with Gasteiger partial charge in [0.15, 0.2) is 0 Å². The van der Waals surface area contributed by atoms with E-state index in [1.165, 1.54) is 24.0 Å². The number of unbranched alkanes of at least 4 members (excludes halogenated alkanes) is 1. The van der Waals surface area contributed by atoms with E-state index in [0.717, 1.165) is 32.9 Å². The van der Waals surface area contributed by atoms with Gasteiger partial charge in [0, 0.05) is 21.8 Å². The molecule has 1 N–H and O–H groups in total. The summed E-state index contributed by atoms with van der Waals surface area (Å²) in [5.74, 6) is 0.793. The monoisotopic (exact) mass is 430 g/mol. The maximum absolute atomic E-state index is 12.3. The average molecular weight is 431 g/mol. The summed E-state index contributed by atoms with van der Waals surface area (Å²) in [4.78, 5) is 16.9. The van der Waals surface area contributed by atoms with Gasteiger partial charge in [-0.3, -0.25) is 4.79 Å². The minimum Gasteiger partial charge on any atom is -0.326 e. The number of thioether (sulfide) groups is 1. The highest BCUT2D eigenvalue weighted by Gasteiger charge is 2.09. The van der Waals surface area contributed by atoms with Gasteiger partial charge in [-0.2, -0.15) is 0 Å². The van der Waals surface area contributed by atoms with E-state index in [1.54, 1.807) is 23.1 Å². The van der Waals surface area contributed by atoms with Gasteiger partial charge >= 0.3 is 0 Å². The molecular formula is C22H23ClN2OS2. The Morgan fingerprint density at radius 1 is 1.11 bits per heavy atom. The first-order chi connectivity index (χ1) is 13.6. The Morgan fingerprint density at radius 2 is 1.82 bits per heavy atom. The lowest BCUT2D eigenvalue weighted by molar-refractivity contribution is -0.115. The Hall–Kier alpha value is -1.82. The molecule has 1 amide bonds. The molecule has 3 aromatic rings. The molecule has 0 spiro atoms. The van der Waals surface area contributed by atoms with Crippen LogP contribution in [0, 0.1) is 0 Å². The molecular weight excluding hydrogens is 408 g/mol. The molecule has 1 aromatic heterocycles. The van der Waals surface area contributed by atoms with Crippen molar-refractivity contribution >= 4 is 46.3 Å². The molecule has 0 radical (unpaired) electrons. The third-order valence-electron chi connectivity index (χ3n) is 4.20. The number of carbonyl (C=O) groups excluding carboxylic acids is 1. The Balaban J connectivity index is 1.47. The molecule has 28 heavy (non-hydrogen) atoms. The van der Waals surface area contributed by atoms with Gasteiger partial charge < -0.3 is 5.32 Å². The van der Waals surface area contributed by atoms with Crippen LogP contribution in [0.15, 0.2) is 58.3 Å². The third-order valence-corrected chi connectivity index (χ3v) is 6.60. The van der Waals surface area contributed by atoms with Crippen LogP contribution in [0.5, 0.6) is 0 Å². The van der Waals surface area contributed by atoms with Crippen LogP contribution < -0.4 is 5.32 Å². The first kappa shape index (κ1) is 20.9. The van der Waals surface area contributed by atoms with Crippen molar-refractivity contribution < 1.29 is 4.79 Å². The number of halogens is 1. The van der Waals surface area contributed by atoms with E-state index in [4.69, 9.17) is 11.6 Å². The Morgan fingerprint density at radius 3 is 2.54 bits per heavy atom. The summed E-state index contributed by atoms with van der Waals surface area (Å²) >= 11 is 9.16. The van der Waals surface area contributed by atoms with Crippen molar-refractivity contribution in [3.05, 3.63) is 75.8 Å². The minimum absolute atomic E-state index is 0.0409. The molecule has 0 bridgehead atoms. The first-order valence-corrected chi connectivity index (χ1v) is 11.6. The predicted molar refractivity (Wildman–Crippen MR) is 121 cm³/mol. The summed E-state index contributed by atoms with van der Waals surface area (Å²) in [5.41, 5.74) is 4.14. The second kappa shape index (κ2) is 10.6. The number of nitrogens with one attached hydrogen (secondary N) is 1. The molecule has 3 rings (SSSR count). The third kappa shape index (κ3) is 6.66. The molecule has 0 aliphatic carbocycles. The maximum atomic E-state index is 12.3. The van der Waals surface area contributed by atoms with Gasteiger partial charge in [0.05, 0.1) is 12.1 Å². The molecule has 0 aliphatic heterocycles. The number of anilines is 1. The second-order valence-electron chi connectivity index (χ2n) is 6.55. The number of nitrogens with zero attached hydrogens (tertiary/aromatic N) is 1. The fourth-order valence-corrected chi connectivity index (χ4v) is 4.59. The van der Waals surface area contributed by atoms with E-state index in [1.807, 2.05) is 41.8 Å². The normalized spacial score (nSPS) is 10.8. The van der Waals surface area contributed by atoms with Gasteiger partial charge in [0.1, 0.15) is 4.34 Å². The standard InChI is InChI=1S/C22H23ClN2OS2/c1-2-3-4-16-7-11-19(12-8-16)24-21(26)13-20-15-28-22(25-20)27-14-17-5-9-18(23)10-6-17/h5-12,15H,2-4,13-14H2,1H3,(H,24,26). The number of thiazole rings is 1. The van der Waals surface area contributed by atoms with Crippen LogP contribution >= 0.6 is 34.7 Å². The Bertz CT molecular complexity index is 892. The zero-order valence-electron chi connectivity index (χ0n) is 15.8. The molecule has 0 atom stereocenters. The van der Waals surface area contributed by atoms with Crippen LogP contribution in [0.25, 0.3) is 0 Å². The molecule has 1 heterocycles. The number of rotatable bonds is 9. The first-order valence-electron chi connectivity index (χ1n) is 9.33. The van der Waals surface area contributed by atoms with Crippen molar-refractivity contribution in [3.8, 4) is 0 Å². The summed E-state index contributed by atoms with van der Waals surface area (Å²) in [6.45, 7) is 2.19. The number of aromatic nitrogens is 1. The summed E-state index contributed by atoms with van der Waals surface area (Å²) in [6.07, 6.45) is 3.75. The van der Waals surface area contributed by atoms with Crippen molar-refractivity contribution in [2.45, 2.75) is 42.7 Å². The number of hydrogen-bond donors (Lipinski definition) is 1. The largest absolute Gasteiger partial charge is 0.326 e. The van der Waals surface area contributed by atoms with E-state index in [9.17, 15) is 4.79 Å². The summed E-state index contributed by atoms with van der Waals surface area (Å²) in [7, 11) is 0. The SMILES string of the molecule is CCCCc1ccc(NC(=O)Cc2csc(SCc3ccc(Cl)cc3)n2)cc1. The molecule has 0 saturated heterocycles. The van der Waals surface area contributed by atoms with Crippen molar-refractivity contribution in [1.29, 1.82) is 0 Å². The zero-order chi connectivity index (χ0) is 19.8. The molecule has 3 nitrogen and oxygen atoms in total. The van der Waals surface area contributed by atoms with E-state index >= 15 is 0 Å². The molecule has 146 valence electrons. The van der Waals surface area contributed by atoms with Crippen LogP contribution in [0.1, 0.15) is 36.6 Å². The fraction of sp³-hybridized carbons (Fsp3) is 0.273. The van der Waals surface area contributed by atoms with E-state index in [0.29, 0.717) is 0 Å². The summed E-state index contributed by atoms with van der Waals surface area (Å²) in [5, 5.41) is 5.65. The zero-order valence-corrected chi connectivity index (χ0v) is 18.2. The van der Waals surface area contributed by atoms with Crippen molar-refractivity contribution in [2.24, 2.45) is 0 Å². The maximum Gasteiger partial charge on any atom is 0.230 e. The number of hydrogen-bond acceptors (Lipinski definition) is 4. The fourth-order valence-electron chi connectivity index (χ4n) is 2.67. The lowest BCUT2D eigenvalue weighted by atomic mass is 10.1. The average Bonchev–Trinajstić information content (AvgIpc) is 3.14. The predicted octanol–water partition coefficient (Wildman–Crippen LogP) is 6.61. The van der Waals surface area contributed by atoms with Gasteiger partial charge in [0.2, 0.25) is 5.91 Å². The number of benzene rings is 2.